The third kappa shape index (κ3) is 4.65. The Morgan fingerprint density at radius 1 is 1.07 bits per heavy atom. The molecular formula is C19H24N6O4. The zero-order chi connectivity index (χ0) is 20.1. The minimum atomic E-state index is -0.453. The first-order chi connectivity index (χ1) is 14.2. The van der Waals surface area contributed by atoms with Crippen LogP contribution >= 0.6 is 0 Å². The minimum absolute atomic E-state index is 0.146. The highest BCUT2D eigenvalue weighted by molar-refractivity contribution is 5.69. The predicted molar refractivity (Wildman–Crippen MR) is 107 cm³/mol. The van der Waals surface area contributed by atoms with E-state index in [0.717, 1.165) is 25.2 Å². The molecule has 4 rings (SSSR count). The van der Waals surface area contributed by atoms with E-state index in [1.165, 1.54) is 25.6 Å². The van der Waals surface area contributed by atoms with Crippen LogP contribution in [0, 0.1) is 10.1 Å². The Bertz CT molecular complexity index is 872. The number of hydrogen-bond acceptors (Lipinski definition) is 9. The molecule has 0 saturated carbocycles. The van der Waals surface area contributed by atoms with Crippen molar-refractivity contribution in [1.82, 2.24) is 14.9 Å². The van der Waals surface area contributed by atoms with Gasteiger partial charge in [-0.1, -0.05) is 12.5 Å². The lowest BCUT2D eigenvalue weighted by Crippen LogP contribution is -2.33. The van der Waals surface area contributed by atoms with Crippen LogP contribution in [0.4, 0.5) is 17.3 Å². The summed E-state index contributed by atoms with van der Waals surface area (Å²) in [6.45, 7) is 4.16. The second-order valence-electron chi connectivity index (χ2n) is 7.05. The molecule has 1 aromatic heterocycles. The molecule has 2 N–H and O–H groups in total. The van der Waals surface area contributed by atoms with Gasteiger partial charge < -0.3 is 25.0 Å². The SMILES string of the molecule is O=[N+]([O-])c1c(NCCN2CCCCC2)ncnc1NCc1ccc2c(c1)OCO2. The second-order valence-corrected chi connectivity index (χ2v) is 7.05. The highest BCUT2D eigenvalue weighted by Crippen LogP contribution is 2.33. The summed E-state index contributed by atoms with van der Waals surface area (Å²) >= 11 is 0. The van der Waals surface area contributed by atoms with Crippen molar-refractivity contribution in [1.29, 1.82) is 0 Å². The lowest BCUT2D eigenvalue weighted by Gasteiger charge is -2.26. The van der Waals surface area contributed by atoms with Crippen LogP contribution in [-0.4, -0.2) is 52.8 Å². The number of benzene rings is 1. The van der Waals surface area contributed by atoms with Gasteiger partial charge in [-0.05, 0) is 43.6 Å². The third-order valence-electron chi connectivity index (χ3n) is 5.07. The Labute approximate surface area is 168 Å². The second kappa shape index (κ2) is 8.91. The zero-order valence-electron chi connectivity index (χ0n) is 16.1. The summed E-state index contributed by atoms with van der Waals surface area (Å²) in [5.74, 6) is 1.78. The third-order valence-corrected chi connectivity index (χ3v) is 5.07. The molecule has 0 unspecified atom stereocenters. The number of aromatic nitrogens is 2. The summed E-state index contributed by atoms with van der Waals surface area (Å²) in [7, 11) is 0. The van der Waals surface area contributed by atoms with Gasteiger partial charge >= 0.3 is 5.69 Å². The molecule has 29 heavy (non-hydrogen) atoms. The summed E-state index contributed by atoms with van der Waals surface area (Å²) in [5, 5.41) is 17.8. The quantitative estimate of drug-likeness (QED) is 0.510. The lowest BCUT2D eigenvalue weighted by atomic mass is 10.1. The maximum absolute atomic E-state index is 11.7. The molecule has 3 heterocycles. The Kier molecular flexibility index (Phi) is 5.89. The summed E-state index contributed by atoms with van der Waals surface area (Å²) in [4.78, 5) is 21.7. The normalized spacial score (nSPS) is 15.9. The van der Waals surface area contributed by atoms with E-state index in [1.807, 2.05) is 18.2 Å². The van der Waals surface area contributed by atoms with Crippen molar-refractivity contribution in [3.05, 3.63) is 40.2 Å². The van der Waals surface area contributed by atoms with Crippen LogP contribution < -0.4 is 20.1 Å². The van der Waals surface area contributed by atoms with Gasteiger partial charge in [0.1, 0.15) is 6.33 Å². The lowest BCUT2D eigenvalue weighted by molar-refractivity contribution is -0.383. The topological polar surface area (TPSA) is 115 Å². The molecule has 0 bridgehead atoms. The Balaban J connectivity index is 1.41. The maximum Gasteiger partial charge on any atom is 0.353 e. The van der Waals surface area contributed by atoms with Gasteiger partial charge in [-0.25, -0.2) is 9.97 Å². The molecule has 2 aromatic rings. The van der Waals surface area contributed by atoms with Crippen molar-refractivity contribution < 1.29 is 14.4 Å². The molecule has 0 aliphatic carbocycles. The van der Waals surface area contributed by atoms with Crippen LogP contribution in [0.5, 0.6) is 11.5 Å². The Morgan fingerprint density at radius 2 is 1.83 bits per heavy atom. The summed E-state index contributed by atoms with van der Waals surface area (Å²) in [5.41, 5.74) is 0.758. The van der Waals surface area contributed by atoms with Crippen LogP contribution in [0.2, 0.25) is 0 Å². The number of hydrogen-bond donors (Lipinski definition) is 2. The smallest absolute Gasteiger partial charge is 0.353 e. The number of nitrogens with zero attached hydrogens (tertiary/aromatic N) is 4. The standard InChI is InChI=1S/C19H24N6O4/c26-25(27)17-18(20-6-9-24-7-2-1-3-8-24)22-12-23-19(17)21-11-14-4-5-15-16(10-14)29-13-28-15/h4-5,10,12H,1-3,6-9,11,13H2,(H2,20,21,22,23). The van der Waals surface area contributed by atoms with Crippen LogP contribution in [0.1, 0.15) is 24.8 Å². The molecule has 154 valence electrons. The highest BCUT2D eigenvalue weighted by Gasteiger charge is 2.23. The van der Waals surface area contributed by atoms with Crippen molar-refractivity contribution in [2.45, 2.75) is 25.8 Å². The van der Waals surface area contributed by atoms with Gasteiger partial charge in [-0.15, -0.1) is 0 Å². The van der Waals surface area contributed by atoms with E-state index in [1.54, 1.807) is 0 Å². The van der Waals surface area contributed by atoms with Gasteiger partial charge in [0.2, 0.25) is 18.4 Å². The largest absolute Gasteiger partial charge is 0.454 e. The fourth-order valence-corrected chi connectivity index (χ4v) is 3.56. The molecule has 1 fully saturated rings. The van der Waals surface area contributed by atoms with E-state index in [2.05, 4.69) is 25.5 Å². The van der Waals surface area contributed by atoms with E-state index in [4.69, 9.17) is 9.47 Å². The van der Waals surface area contributed by atoms with E-state index in [9.17, 15) is 10.1 Å². The van der Waals surface area contributed by atoms with Gasteiger partial charge in [-0.3, -0.25) is 10.1 Å². The van der Waals surface area contributed by atoms with Crippen LogP contribution in [0.25, 0.3) is 0 Å². The first-order valence-electron chi connectivity index (χ1n) is 9.79. The molecule has 2 aliphatic heterocycles. The van der Waals surface area contributed by atoms with E-state index >= 15 is 0 Å². The fraction of sp³-hybridized carbons (Fsp3) is 0.474. The van der Waals surface area contributed by atoms with E-state index in [-0.39, 0.29) is 24.1 Å². The van der Waals surface area contributed by atoms with Crippen molar-refractivity contribution in [2.24, 2.45) is 0 Å². The van der Waals surface area contributed by atoms with Crippen molar-refractivity contribution in [3.8, 4) is 11.5 Å². The van der Waals surface area contributed by atoms with Gasteiger partial charge in [0.25, 0.3) is 0 Å². The average molecular weight is 400 g/mol. The van der Waals surface area contributed by atoms with Crippen molar-refractivity contribution in [2.75, 3.05) is 43.6 Å². The summed E-state index contributed by atoms with van der Waals surface area (Å²) in [6.07, 6.45) is 5.03. The predicted octanol–water partition coefficient (Wildman–Crippen LogP) is 2.62. The Hall–Kier alpha value is -3.14. The minimum Gasteiger partial charge on any atom is -0.454 e. The molecule has 10 heteroatoms. The number of likely N-dealkylation sites (tertiary alicyclic amines) is 1. The number of ether oxygens (including phenoxy) is 2. The van der Waals surface area contributed by atoms with Gasteiger partial charge in [0.15, 0.2) is 11.5 Å². The summed E-state index contributed by atoms with van der Waals surface area (Å²) in [6, 6.07) is 5.55. The molecular weight excluding hydrogens is 376 g/mol. The van der Waals surface area contributed by atoms with E-state index in [0.29, 0.717) is 24.6 Å². The van der Waals surface area contributed by atoms with Gasteiger partial charge in [0, 0.05) is 19.6 Å². The molecule has 0 spiro atoms. The number of nitrogens with one attached hydrogen (secondary N) is 2. The number of nitro groups is 1. The molecule has 0 amide bonds. The van der Waals surface area contributed by atoms with Crippen LogP contribution in [0.15, 0.2) is 24.5 Å². The van der Waals surface area contributed by atoms with Crippen LogP contribution in [0.3, 0.4) is 0 Å². The van der Waals surface area contributed by atoms with Crippen molar-refractivity contribution in [3.63, 3.8) is 0 Å². The summed E-state index contributed by atoms with van der Waals surface area (Å²) < 4.78 is 10.7. The maximum atomic E-state index is 11.7. The van der Waals surface area contributed by atoms with Gasteiger partial charge in [-0.2, -0.15) is 0 Å². The number of anilines is 2. The highest BCUT2D eigenvalue weighted by atomic mass is 16.7. The number of fused-ring (bicyclic) bond motifs is 1. The molecule has 2 aliphatic rings. The Morgan fingerprint density at radius 3 is 2.62 bits per heavy atom. The van der Waals surface area contributed by atoms with Crippen LogP contribution in [-0.2, 0) is 6.54 Å². The fourth-order valence-electron chi connectivity index (χ4n) is 3.56. The molecule has 0 atom stereocenters. The first kappa shape index (κ1) is 19.2. The van der Waals surface area contributed by atoms with E-state index < -0.39 is 4.92 Å². The average Bonchev–Trinajstić information content (AvgIpc) is 3.21. The number of piperidine rings is 1. The zero-order valence-corrected chi connectivity index (χ0v) is 16.1. The monoisotopic (exact) mass is 400 g/mol. The first-order valence-corrected chi connectivity index (χ1v) is 9.79. The molecule has 0 radical (unpaired) electrons. The number of rotatable bonds is 8. The molecule has 10 nitrogen and oxygen atoms in total. The van der Waals surface area contributed by atoms with Gasteiger partial charge in [0.05, 0.1) is 4.92 Å². The molecule has 1 saturated heterocycles. The van der Waals surface area contributed by atoms with Crippen molar-refractivity contribution >= 4 is 17.3 Å². The molecule has 1 aromatic carbocycles.